The van der Waals surface area contributed by atoms with Crippen molar-refractivity contribution in [2.45, 2.75) is 44.1 Å². The number of halogens is 4. The summed E-state index contributed by atoms with van der Waals surface area (Å²) < 4.78 is 64.3. The summed E-state index contributed by atoms with van der Waals surface area (Å²) in [5.41, 5.74) is -1.48. The van der Waals surface area contributed by atoms with Gasteiger partial charge in [0.15, 0.2) is 5.52 Å². The van der Waals surface area contributed by atoms with Crippen molar-refractivity contribution in [3.8, 4) is 17.3 Å². The molecule has 0 radical (unpaired) electrons. The lowest BCUT2D eigenvalue weighted by molar-refractivity contribution is -0.147. The van der Waals surface area contributed by atoms with E-state index in [0.717, 1.165) is 18.7 Å². The number of aromatic nitrogens is 6. The molecule has 0 spiro atoms. The highest BCUT2D eigenvalue weighted by atomic mass is 19.4. The number of alkyl halides is 3. The molecule has 0 aliphatic carbocycles. The summed E-state index contributed by atoms with van der Waals surface area (Å²) in [5.74, 6) is -2.54. The molecule has 0 saturated carbocycles. The first-order chi connectivity index (χ1) is 18.0. The van der Waals surface area contributed by atoms with E-state index in [2.05, 4.69) is 20.1 Å². The van der Waals surface area contributed by atoms with E-state index < -0.39 is 28.9 Å². The molecule has 5 rings (SSSR count). The summed E-state index contributed by atoms with van der Waals surface area (Å²) in [6, 6.07) is 5.30. The van der Waals surface area contributed by atoms with Gasteiger partial charge in [-0.3, -0.25) is 14.0 Å². The third kappa shape index (κ3) is 4.51. The Hall–Kier alpha value is -4.18. The maximum atomic E-state index is 15.1. The van der Waals surface area contributed by atoms with Gasteiger partial charge in [0.05, 0.1) is 30.0 Å². The molecule has 4 aromatic rings. The van der Waals surface area contributed by atoms with Crippen LogP contribution in [0.4, 0.5) is 17.6 Å². The van der Waals surface area contributed by atoms with E-state index in [1.165, 1.54) is 12.1 Å². The minimum absolute atomic E-state index is 0.0160. The van der Waals surface area contributed by atoms with E-state index in [9.17, 15) is 18.0 Å². The number of benzene rings is 1. The molecule has 3 atom stereocenters. The fourth-order valence-corrected chi connectivity index (χ4v) is 4.74. The molecule has 196 valence electrons. The van der Waals surface area contributed by atoms with Crippen LogP contribution in [0, 0.1) is 17.1 Å². The number of rotatable bonds is 3. The molecular formula is C25H21F4N7O2. The monoisotopic (exact) mass is 527 g/mol. The summed E-state index contributed by atoms with van der Waals surface area (Å²) in [7, 11) is 2.73. The van der Waals surface area contributed by atoms with Crippen LogP contribution in [0.1, 0.15) is 54.6 Å². The number of nitriles is 1. The molecule has 1 saturated heterocycles. The van der Waals surface area contributed by atoms with Gasteiger partial charge < -0.3 is 4.74 Å². The molecule has 9 nitrogen and oxygen atoms in total. The van der Waals surface area contributed by atoms with Gasteiger partial charge in [-0.1, -0.05) is 0 Å². The van der Waals surface area contributed by atoms with Gasteiger partial charge in [-0.05, 0) is 38.0 Å². The minimum Gasteiger partial charge on any atom is -0.370 e. The average Bonchev–Trinajstić information content (AvgIpc) is 3.31. The van der Waals surface area contributed by atoms with Crippen LogP contribution in [0.25, 0.3) is 22.3 Å². The van der Waals surface area contributed by atoms with Crippen molar-refractivity contribution in [1.29, 1.82) is 5.26 Å². The van der Waals surface area contributed by atoms with Crippen LogP contribution >= 0.6 is 0 Å². The second-order valence-corrected chi connectivity index (χ2v) is 9.28. The van der Waals surface area contributed by atoms with Crippen molar-refractivity contribution < 1.29 is 22.3 Å². The lowest BCUT2D eigenvalue weighted by atomic mass is 9.89. The van der Waals surface area contributed by atoms with Gasteiger partial charge in [-0.15, -0.1) is 0 Å². The van der Waals surface area contributed by atoms with E-state index >= 15 is 4.39 Å². The van der Waals surface area contributed by atoms with Gasteiger partial charge >= 0.3 is 6.18 Å². The number of hydrogen-bond donors (Lipinski definition) is 0. The van der Waals surface area contributed by atoms with E-state index in [1.54, 1.807) is 17.9 Å². The standard InChI is InChI=1S/C25H21F4N7O2/c1-12-6-14(8-18(38-12)15-10-31-35(2)11-15)22-32-19(16-5-4-13(9-30)7-17(16)26)20-21(33-22)23(37)36(3)24(34-20)25(27,28)29/h4-5,7,10-12,14,18H,6,8H2,1-3H3. The van der Waals surface area contributed by atoms with Crippen LogP contribution in [-0.4, -0.2) is 35.4 Å². The minimum atomic E-state index is -4.95. The zero-order valence-electron chi connectivity index (χ0n) is 20.5. The maximum Gasteiger partial charge on any atom is 0.449 e. The molecule has 38 heavy (non-hydrogen) atoms. The normalized spacial score (nSPS) is 20.0. The third-order valence-electron chi connectivity index (χ3n) is 6.52. The zero-order valence-corrected chi connectivity index (χ0v) is 20.5. The van der Waals surface area contributed by atoms with Crippen LogP contribution in [0.3, 0.4) is 0 Å². The van der Waals surface area contributed by atoms with Gasteiger partial charge in [0.2, 0.25) is 5.82 Å². The molecule has 1 aliphatic rings. The lowest BCUT2D eigenvalue weighted by Gasteiger charge is -2.33. The van der Waals surface area contributed by atoms with Crippen LogP contribution in [0.2, 0.25) is 0 Å². The Morgan fingerprint density at radius 3 is 2.53 bits per heavy atom. The zero-order chi connectivity index (χ0) is 27.4. The lowest BCUT2D eigenvalue weighted by Crippen LogP contribution is -2.30. The van der Waals surface area contributed by atoms with E-state index in [1.807, 2.05) is 19.2 Å². The van der Waals surface area contributed by atoms with Crippen molar-refractivity contribution >= 4 is 11.0 Å². The fraction of sp³-hybridized carbons (Fsp3) is 0.360. The molecule has 0 amide bonds. The maximum absolute atomic E-state index is 15.1. The Morgan fingerprint density at radius 2 is 1.89 bits per heavy atom. The fourth-order valence-electron chi connectivity index (χ4n) is 4.74. The van der Waals surface area contributed by atoms with Crippen LogP contribution in [-0.2, 0) is 25.0 Å². The van der Waals surface area contributed by atoms with Gasteiger partial charge in [0.1, 0.15) is 22.9 Å². The first kappa shape index (κ1) is 25.5. The number of ether oxygens (including phenoxy) is 1. The smallest absolute Gasteiger partial charge is 0.370 e. The average molecular weight is 527 g/mol. The highest BCUT2D eigenvalue weighted by molar-refractivity contribution is 5.88. The molecule has 13 heteroatoms. The van der Waals surface area contributed by atoms with Crippen LogP contribution < -0.4 is 5.56 Å². The van der Waals surface area contributed by atoms with Crippen LogP contribution in [0.5, 0.6) is 0 Å². The van der Waals surface area contributed by atoms with Crippen molar-refractivity contribution in [3.63, 3.8) is 0 Å². The largest absolute Gasteiger partial charge is 0.449 e. The second kappa shape index (κ2) is 9.29. The molecule has 4 heterocycles. The first-order valence-corrected chi connectivity index (χ1v) is 11.7. The predicted molar refractivity (Wildman–Crippen MR) is 126 cm³/mol. The Morgan fingerprint density at radius 1 is 1.13 bits per heavy atom. The number of hydrogen-bond acceptors (Lipinski definition) is 7. The Balaban J connectivity index is 1.73. The Bertz CT molecular complexity index is 1650. The Labute approximate surface area is 213 Å². The highest BCUT2D eigenvalue weighted by Gasteiger charge is 2.38. The van der Waals surface area contributed by atoms with Gasteiger partial charge in [-0.25, -0.2) is 19.3 Å². The van der Waals surface area contributed by atoms with Crippen molar-refractivity contribution in [3.05, 3.63) is 69.5 Å². The molecule has 0 bridgehead atoms. The summed E-state index contributed by atoms with van der Waals surface area (Å²) in [6.45, 7) is 1.87. The second-order valence-electron chi connectivity index (χ2n) is 9.28. The summed E-state index contributed by atoms with van der Waals surface area (Å²) in [6.07, 6.45) is -1.18. The number of aryl methyl sites for hydroxylation is 1. The van der Waals surface area contributed by atoms with Crippen molar-refractivity contribution in [2.24, 2.45) is 14.1 Å². The van der Waals surface area contributed by atoms with Crippen molar-refractivity contribution in [2.75, 3.05) is 0 Å². The molecule has 1 aromatic carbocycles. The predicted octanol–water partition coefficient (Wildman–Crippen LogP) is 4.18. The number of nitrogens with zero attached hydrogens (tertiary/aromatic N) is 7. The first-order valence-electron chi connectivity index (χ1n) is 11.7. The molecule has 3 unspecified atom stereocenters. The molecule has 3 aromatic heterocycles. The molecular weight excluding hydrogens is 506 g/mol. The summed E-state index contributed by atoms with van der Waals surface area (Å²) in [5, 5.41) is 13.3. The molecule has 1 fully saturated rings. The third-order valence-corrected chi connectivity index (χ3v) is 6.52. The quantitative estimate of drug-likeness (QED) is 0.368. The van der Waals surface area contributed by atoms with Gasteiger partial charge in [-0.2, -0.15) is 23.5 Å². The topological polar surface area (TPSA) is 112 Å². The van der Waals surface area contributed by atoms with Crippen LogP contribution in [0.15, 0.2) is 35.4 Å². The molecule has 1 aliphatic heterocycles. The SMILES string of the molecule is CC1CC(c2nc(-c3ccc(C#N)cc3F)c3nc(C(F)(F)F)n(C)c(=O)c3n2)CC(c2cnn(C)c2)O1. The van der Waals surface area contributed by atoms with E-state index in [-0.39, 0.29) is 46.3 Å². The van der Waals surface area contributed by atoms with Crippen molar-refractivity contribution in [1.82, 2.24) is 29.3 Å². The van der Waals surface area contributed by atoms with Gasteiger partial charge in [0, 0.05) is 37.3 Å². The number of fused-ring (bicyclic) bond motifs is 1. The highest BCUT2D eigenvalue weighted by Crippen LogP contribution is 2.40. The van der Waals surface area contributed by atoms with E-state index in [0.29, 0.717) is 17.4 Å². The molecule has 0 N–H and O–H groups in total. The summed E-state index contributed by atoms with van der Waals surface area (Å²) in [4.78, 5) is 25.7. The summed E-state index contributed by atoms with van der Waals surface area (Å²) >= 11 is 0. The van der Waals surface area contributed by atoms with E-state index in [4.69, 9.17) is 10.00 Å². The Kier molecular flexibility index (Phi) is 6.22. The van der Waals surface area contributed by atoms with Gasteiger partial charge in [0.25, 0.3) is 5.56 Å².